The van der Waals surface area contributed by atoms with Crippen molar-refractivity contribution in [1.29, 1.82) is 5.26 Å². The minimum absolute atomic E-state index is 0.0104. The first-order valence-electron chi connectivity index (χ1n) is 9.91. The van der Waals surface area contributed by atoms with Crippen LogP contribution in [0.25, 0.3) is 0 Å². The molecule has 2 aromatic heterocycles. The average molecular weight is 458 g/mol. The quantitative estimate of drug-likeness (QED) is 0.672. The van der Waals surface area contributed by atoms with Crippen molar-refractivity contribution in [2.45, 2.75) is 42.8 Å². The lowest BCUT2D eigenvalue weighted by Crippen LogP contribution is -2.77. The van der Waals surface area contributed by atoms with E-state index in [4.69, 9.17) is 30.8 Å². The Bertz CT molecular complexity index is 1150. The maximum atomic E-state index is 13.6. The molecule has 3 fully saturated rings. The summed E-state index contributed by atoms with van der Waals surface area (Å²) in [5.41, 5.74) is -0.293. The molecule has 4 aliphatic carbocycles. The van der Waals surface area contributed by atoms with Gasteiger partial charge in [0.25, 0.3) is 5.91 Å². The van der Waals surface area contributed by atoms with Gasteiger partial charge in [-0.1, -0.05) is 16.7 Å². The van der Waals surface area contributed by atoms with Crippen LogP contribution in [0.5, 0.6) is 11.8 Å². The van der Waals surface area contributed by atoms with E-state index in [2.05, 4.69) is 20.5 Å². The van der Waals surface area contributed by atoms with Crippen molar-refractivity contribution in [3.63, 3.8) is 0 Å². The minimum Gasteiger partial charge on any atom is -0.488 e. The molecule has 6 rings (SSSR count). The van der Waals surface area contributed by atoms with E-state index in [-0.39, 0.29) is 46.7 Å². The highest BCUT2D eigenvalue weighted by Crippen LogP contribution is 2.67. The smallest absolute Gasteiger partial charge is 0.420 e. The predicted molar refractivity (Wildman–Crippen MR) is 107 cm³/mol. The summed E-state index contributed by atoms with van der Waals surface area (Å²) >= 11 is 5.70. The van der Waals surface area contributed by atoms with Crippen molar-refractivity contribution < 1.29 is 23.1 Å². The molecule has 2 aromatic rings. The summed E-state index contributed by atoms with van der Waals surface area (Å²) < 4.78 is 30.1. The lowest BCUT2D eigenvalue weighted by atomic mass is 9.39. The van der Waals surface area contributed by atoms with Crippen LogP contribution in [-0.2, 0) is 14.9 Å². The standard InChI is InChI=1S/C21H17ClFN5O4/c22-15-4-3-13(5-16(15)23)30-8-17(29)26-21-9-20(10-21,11-21)18-27-28-19(32-18)31-14-2-1-12(6-24)25-7-14/h1-4,7,16H,5,8-11H2,(H,26,29). The van der Waals surface area contributed by atoms with E-state index < -0.39 is 6.17 Å². The Morgan fingerprint density at radius 3 is 2.84 bits per heavy atom. The normalized spacial score (nSPS) is 27.7. The number of hydrogen-bond donors (Lipinski definition) is 1. The summed E-state index contributed by atoms with van der Waals surface area (Å²) in [5, 5.41) is 19.9. The Labute approximate surface area is 186 Å². The first kappa shape index (κ1) is 20.5. The Balaban J connectivity index is 1.11. The van der Waals surface area contributed by atoms with Crippen LogP contribution in [0.4, 0.5) is 4.39 Å². The van der Waals surface area contributed by atoms with Gasteiger partial charge in [0.1, 0.15) is 23.7 Å². The Hall–Kier alpha value is -3.45. The molecule has 1 unspecified atom stereocenters. The Morgan fingerprint density at radius 1 is 1.34 bits per heavy atom. The molecule has 3 saturated carbocycles. The van der Waals surface area contributed by atoms with Crippen molar-refractivity contribution in [2.75, 3.05) is 6.61 Å². The number of nitriles is 1. The van der Waals surface area contributed by atoms with E-state index in [1.54, 1.807) is 12.1 Å². The number of hydrogen-bond acceptors (Lipinski definition) is 8. The number of aromatic nitrogens is 3. The van der Waals surface area contributed by atoms with Gasteiger partial charge in [-0.15, -0.1) is 5.10 Å². The number of ether oxygens (including phenoxy) is 2. The van der Waals surface area contributed by atoms with Crippen molar-refractivity contribution >= 4 is 17.5 Å². The van der Waals surface area contributed by atoms with Gasteiger partial charge in [0.15, 0.2) is 12.4 Å². The Kier molecular flexibility index (Phi) is 4.86. The number of alkyl halides is 1. The first-order chi connectivity index (χ1) is 15.4. The third-order valence-corrected chi connectivity index (χ3v) is 6.21. The number of nitrogens with one attached hydrogen (secondary N) is 1. The van der Waals surface area contributed by atoms with Gasteiger partial charge in [-0.2, -0.15) is 5.26 Å². The topological polar surface area (TPSA) is 123 Å². The number of carbonyl (C=O) groups is 1. The SMILES string of the molecule is N#Cc1ccc(Oc2nnc(C34CC(NC(=O)COC5=CC=C(Cl)C(F)C5)(C3)C4)o2)cn1. The van der Waals surface area contributed by atoms with Crippen molar-refractivity contribution in [2.24, 2.45) is 0 Å². The zero-order valence-electron chi connectivity index (χ0n) is 16.7. The number of amides is 1. The summed E-state index contributed by atoms with van der Waals surface area (Å²) in [7, 11) is 0. The average Bonchev–Trinajstić information content (AvgIpc) is 3.19. The fourth-order valence-corrected chi connectivity index (χ4v) is 4.58. The van der Waals surface area contributed by atoms with Gasteiger partial charge in [0.2, 0.25) is 5.89 Å². The molecule has 0 spiro atoms. The van der Waals surface area contributed by atoms with Gasteiger partial charge in [0, 0.05) is 12.0 Å². The zero-order valence-corrected chi connectivity index (χ0v) is 17.4. The maximum Gasteiger partial charge on any atom is 0.420 e. The highest BCUT2D eigenvalue weighted by molar-refractivity contribution is 6.30. The zero-order chi connectivity index (χ0) is 22.3. The van der Waals surface area contributed by atoms with Crippen LogP contribution < -0.4 is 10.1 Å². The lowest BCUT2D eigenvalue weighted by Gasteiger charge is -2.68. The molecule has 2 bridgehead atoms. The van der Waals surface area contributed by atoms with E-state index in [1.807, 2.05) is 6.07 Å². The Morgan fingerprint density at radius 2 is 2.16 bits per heavy atom. The van der Waals surface area contributed by atoms with Gasteiger partial charge >= 0.3 is 6.08 Å². The van der Waals surface area contributed by atoms with Crippen LogP contribution in [0, 0.1) is 11.3 Å². The summed E-state index contributed by atoms with van der Waals surface area (Å²) in [6.07, 6.45) is 5.17. The largest absolute Gasteiger partial charge is 0.488 e. The number of nitrogens with zero attached hydrogens (tertiary/aromatic N) is 4. The maximum absolute atomic E-state index is 13.6. The molecule has 0 aliphatic heterocycles. The number of pyridine rings is 1. The monoisotopic (exact) mass is 457 g/mol. The highest BCUT2D eigenvalue weighted by Gasteiger charge is 2.71. The van der Waals surface area contributed by atoms with E-state index in [1.165, 1.54) is 18.3 Å². The van der Waals surface area contributed by atoms with Crippen molar-refractivity contribution in [3.8, 4) is 17.9 Å². The van der Waals surface area contributed by atoms with Crippen LogP contribution in [0.1, 0.15) is 37.3 Å². The minimum atomic E-state index is -1.30. The molecule has 11 heteroatoms. The molecule has 0 saturated heterocycles. The third kappa shape index (κ3) is 3.69. The summed E-state index contributed by atoms with van der Waals surface area (Å²) in [6.45, 7) is -0.185. The molecule has 2 heterocycles. The van der Waals surface area contributed by atoms with Gasteiger partial charge in [-0.3, -0.25) is 4.79 Å². The van der Waals surface area contributed by atoms with E-state index in [0.29, 0.717) is 36.7 Å². The molecule has 4 aliphatic rings. The highest BCUT2D eigenvalue weighted by atomic mass is 35.5. The van der Waals surface area contributed by atoms with Crippen molar-refractivity contribution in [1.82, 2.24) is 20.5 Å². The number of rotatable bonds is 7. The number of allylic oxidation sites excluding steroid dienone is 4. The molecule has 164 valence electrons. The first-order valence-corrected chi connectivity index (χ1v) is 10.3. The van der Waals surface area contributed by atoms with Gasteiger partial charge in [-0.05, 0) is 43.5 Å². The van der Waals surface area contributed by atoms with Crippen LogP contribution in [0.2, 0.25) is 0 Å². The molecule has 1 atom stereocenters. The second-order valence-electron chi connectivity index (χ2n) is 8.25. The third-order valence-electron chi connectivity index (χ3n) is 5.85. The molecule has 0 aromatic carbocycles. The molecule has 9 nitrogen and oxygen atoms in total. The van der Waals surface area contributed by atoms with E-state index in [0.717, 1.165) is 0 Å². The van der Waals surface area contributed by atoms with E-state index >= 15 is 0 Å². The second-order valence-corrected chi connectivity index (χ2v) is 8.69. The lowest BCUT2D eigenvalue weighted by molar-refractivity contribution is -0.144. The molecule has 32 heavy (non-hydrogen) atoms. The second kappa shape index (κ2) is 7.60. The molecular formula is C21H17ClFN5O4. The van der Waals surface area contributed by atoms with Gasteiger partial charge < -0.3 is 19.2 Å². The molecule has 0 radical (unpaired) electrons. The predicted octanol–water partition coefficient (Wildman–Crippen LogP) is 3.18. The van der Waals surface area contributed by atoms with Crippen LogP contribution in [-0.4, -0.2) is 39.4 Å². The van der Waals surface area contributed by atoms with E-state index in [9.17, 15) is 9.18 Å². The molecule has 1 amide bonds. The molecule has 1 N–H and O–H groups in total. The van der Waals surface area contributed by atoms with Crippen LogP contribution >= 0.6 is 11.6 Å². The summed E-state index contributed by atoms with van der Waals surface area (Å²) in [5.74, 6) is 0.969. The number of carbonyl (C=O) groups excluding carboxylic acids is 1. The van der Waals surface area contributed by atoms with Crippen LogP contribution in [0.15, 0.2) is 45.7 Å². The fourth-order valence-electron chi connectivity index (χ4n) is 4.44. The fraction of sp³-hybridized carbons (Fsp3) is 0.381. The summed E-state index contributed by atoms with van der Waals surface area (Å²) in [4.78, 5) is 16.2. The van der Waals surface area contributed by atoms with Gasteiger partial charge in [0.05, 0.1) is 16.6 Å². The van der Waals surface area contributed by atoms with Crippen molar-refractivity contribution in [3.05, 3.63) is 52.9 Å². The molecular weight excluding hydrogens is 441 g/mol. The number of halogens is 2. The van der Waals surface area contributed by atoms with Crippen LogP contribution in [0.3, 0.4) is 0 Å². The summed E-state index contributed by atoms with van der Waals surface area (Å²) in [6, 6.07) is 5.04. The van der Waals surface area contributed by atoms with Gasteiger partial charge in [-0.25, -0.2) is 9.37 Å².